The normalized spacial score (nSPS) is 17.3. The van der Waals surface area contributed by atoms with Crippen LogP contribution in [0.3, 0.4) is 0 Å². The summed E-state index contributed by atoms with van der Waals surface area (Å²) < 4.78 is 10.6. The van der Waals surface area contributed by atoms with E-state index in [0.717, 1.165) is 23.7 Å². The Morgan fingerprint density at radius 2 is 2.05 bits per heavy atom. The first-order chi connectivity index (χ1) is 10.2. The van der Waals surface area contributed by atoms with Crippen LogP contribution in [0.25, 0.3) is 0 Å². The van der Waals surface area contributed by atoms with E-state index in [-0.39, 0.29) is 0 Å². The summed E-state index contributed by atoms with van der Waals surface area (Å²) in [4.78, 5) is 0. The van der Waals surface area contributed by atoms with Crippen molar-refractivity contribution in [2.24, 2.45) is 5.92 Å². The minimum atomic E-state index is -0.594. The molecule has 1 aromatic carbocycles. The molecule has 4 nitrogen and oxygen atoms in total. The van der Waals surface area contributed by atoms with Crippen LogP contribution in [0, 0.1) is 5.92 Å². The summed E-state index contributed by atoms with van der Waals surface area (Å²) in [6.07, 6.45) is 4.45. The highest BCUT2D eigenvalue weighted by Gasteiger charge is 2.25. The van der Waals surface area contributed by atoms with Crippen molar-refractivity contribution in [3.8, 4) is 11.5 Å². The largest absolute Gasteiger partial charge is 0.497 e. The zero-order valence-corrected chi connectivity index (χ0v) is 13.3. The highest BCUT2D eigenvalue weighted by Crippen LogP contribution is 2.34. The van der Waals surface area contributed by atoms with Gasteiger partial charge in [-0.3, -0.25) is 0 Å². The van der Waals surface area contributed by atoms with Crippen molar-refractivity contribution in [3.63, 3.8) is 0 Å². The van der Waals surface area contributed by atoms with Crippen molar-refractivity contribution in [2.75, 3.05) is 20.8 Å². The summed E-state index contributed by atoms with van der Waals surface area (Å²) in [6.45, 7) is 2.73. The third-order valence-electron chi connectivity index (χ3n) is 4.20. The molecule has 0 aromatic heterocycles. The van der Waals surface area contributed by atoms with Crippen molar-refractivity contribution >= 4 is 0 Å². The highest BCUT2D eigenvalue weighted by molar-refractivity contribution is 5.41. The summed E-state index contributed by atoms with van der Waals surface area (Å²) in [6, 6.07) is 6.00. The molecule has 2 rings (SSSR count). The molecule has 1 aliphatic rings. The molecule has 1 saturated carbocycles. The summed E-state index contributed by atoms with van der Waals surface area (Å²) in [7, 11) is 3.24. The lowest BCUT2D eigenvalue weighted by Gasteiger charge is -2.21. The van der Waals surface area contributed by atoms with E-state index in [2.05, 4.69) is 12.2 Å². The summed E-state index contributed by atoms with van der Waals surface area (Å²) in [5.74, 6) is 2.32. The van der Waals surface area contributed by atoms with Gasteiger partial charge in [0.05, 0.1) is 20.3 Å². The average Bonchev–Trinajstić information content (AvgIpc) is 3.34. The lowest BCUT2D eigenvalue weighted by Crippen LogP contribution is -2.32. The van der Waals surface area contributed by atoms with Gasteiger partial charge in [0, 0.05) is 18.2 Å². The fourth-order valence-electron chi connectivity index (χ4n) is 2.64. The maximum absolute atomic E-state index is 10.4. The maximum Gasteiger partial charge on any atom is 0.124 e. The third kappa shape index (κ3) is 4.61. The van der Waals surface area contributed by atoms with Gasteiger partial charge in [0.1, 0.15) is 11.5 Å². The molecule has 2 atom stereocenters. The molecule has 0 saturated heterocycles. The predicted octanol–water partition coefficient (Wildman–Crippen LogP) is 2.91. The van der Waals surface area contributed by atoms with Gasteiger partial charge >= 0.3 is 0 Å². The van der Waals surface area contributed by atoms with Gasteiger partial charge in [-0.2, -0.15) is 0 Å². The molecule has 0 aliphatic heterocycles. The van der Waals surface area contributed by atoms with Crippen LogP contribution in [0.5, 0.6) is 11.5 Å². The van der Waals surface area contributed by atoms with Gasteiger partial charge in [0.2, 0.25) is 0 Å². The Morgan fingerprint density at radius 1 is 1.29 bits per heavy atom. The van der Waals surface area contributed by atoms with E-state index in [1.54, 1.807) is 14.2 Å². The number of hydrogen-bond acceptors (Lipinski definition) is 4. The standard InChI is InChI=1S/C17H27NO3/c1-4-13(9-12-5-6-12)18-11-16(19)15-10-14(20-2)7-8-17(15)21-3/h7-8,10,12-13,16,18-19H,4-6,9,11H2,1-3H3. The van der Waals surface area contributed by atoms with Gasteiger partial charge in [-0.25, -0.2) is 0 Å². The Kier molecular flexibility index (Phi) is 5.88. The smallest absolute Gasteiger partial charge is 0.124 e. The number of hydrogen-bond donors (Lipinski definition) is 2. The minimum Gasteiger partial charge on any atom is -0.497 e. The first-order valence-corrected chi connectivity index (χ1v) is 7.81. The van der Waals surface area contributed by atoms with E-state index >= 15 is 0 Å². The van der Waals surface area contributed by atoms with E-state index in [9.17, 15) is 5.11 Å². The van der Waals surface area contributed by atoms with Crippen LogP contribution in [0.15, 0.2) is 18.2 Å². The number of aliphatic hydroxyl groups excluding tert-OH is 1. The Balaban J connectivity index is 1.95. The fourth-order valence-corrected chi connectivity index (χ4v) is 2.64. The van der Waals surface area contributed by atoms with E-state index in [1.807, 2.05) is 18.2 Å². The monoisotopic (exact) mass is 293 g/mol. The minimum absolute atomic E-state index is 0.490. The van der Waals surface area contributed by atoms with Crippen molar-refractivity contribution in [3.05, 3.63) is 23.8 Å². The zero-order valence-electron chi connectivity index (χ0n) is 13.3. The third-order valence-corrected chi connectivity index (χ3v) is 4.20. The fraction of sp³-hybridized carbons (Fsp3) is 0.647. The van der Waals surface area contributed by atoms with Gasteiger partial charge in [0.15, 0.2) is 0 Å². The second-order valence-electron chi connectivity index (χ2n) is 5.82. The van der Waals surface area contributed by atoms with Crippen LogP contribution in [0.2, 0.25) is 0 Å². The Bertz CT molecular complexity index is 446. The Labute approximate surface area is 127 Å². The van der Waals surface area contributed by atoms with Gasteiger partial charge in [-0.1, -0.05) is 19.8 Å². The number of nitrogens with one attached hydrogen (secondary N) is 1. The van der Waals surface area contributed by atoms with Crippen LogP contribution in [-0.2, 0) is 0 Å². The molecular weight excluding hydrogens is 266 g/mol. The zero-order chi connectivity index (χ0) is 15.2. The number of rotatable bonds is 9. The molecule has 21 heavy (non-hydrogen) atoms. The Hall–Kier alpha value is -1.26. The molecule has 1 aromatic rings. The van der Waals surface area contributed by atoms with E-state index in [4.69, 9.17) is 9.47 Å². The Morgan fingerprint density at radius 3 is 2.62 bits per heavy atom. The first-order valence-electron chi connectivity index (χ1n) is 7.81. The molecule has 1 fully saturated rings. The summed E-state index contributed by atoms with van der Waals surface area (Å²) >= 11 is 0. The van der Waals surface area contributed by atoms with Crippen LogP contribution >= 0.6 is 0 Å². The van der Waals surface area contributed by atoms with E-state index < -0.39 is 6.10 Å². The number of aliphatic hydroxyl groups is 1. The number of methoxy groups -OCH3 is 2. The van der Waals surface area contributed by atoms with Crippen molar-refractivity contribution in [1.29, 1.82) is 0 Å². The highest BCUT2D eigenvalue weighted by atomic mass is 16.5. The molecule has 1 aliphatic carbocycles. The number of ether oxygens (including phenoxy) is 2. The SMILES string of the molecule is CCC(CC1CC1)NCC(O)c1cc(OC)ccc1OC. The van der Waals surface area contributed by atoms with Crippen LogP contribution < -0.4 is 14.8 Å². The second-order valence-corrected chi connectivity index (χ2v) is 5.82. The average molecular weight is 293 g/mol. The van der Waals surface area contributed by atoms with Gasteiger partial charge in [0.25, 0.3) is 0 Å². The van der Waals surface area contributed by atoms with Crippen LogP contribution in [-0.4, -0.2) is 31.9 Å². The molecule has 4 heteroatoms. The van der Waals surface area contributed by atoms with Gasteiger partial charge in [-0.15, -0.1) is 0 Å². The van der Waals surface area contributed by atoms with Crippen molar-refractivity contribution < 1.29 is 14.6 Å². The lowest BCUT2D eigenvalue weighted by molar-refractivity contribution is 0.163. The van der Waals surface area contributed by atoms with Crippen molar-refractivity contribution in [2.45, 2.75) is 44.8 Å². The second kappa shape index (κ2) is 7.66. The number of benzene rings is 1. The van der Waals surface area contributed by atoms with Crippen LogP contribution in [0.1, 0.15) is 44.3 Å². The maximum atomic E-state index is 10.4. The van der Waals surface area contributed by atoms with E-state index in [0.29, 0.717) is 18.3 Å². The summed E-state index contributed by atoms with van der Waals surface area (Å²) in [5, 5.41) is 13.9. The first kappa shape index (κ1) is 16.1. The lowest BCUT2D eigenvalue weighted by atomic mass is 10.0. The summed E-state index contributed by atoms with van der Waals surface area (Å²) in [5.41, 5.74) is 0.769. The molecular formula is C17H27NO3. The quantitative estimate of drug-likeness (QED) is 0.735. The molecule has 0 bridgehead atoms. The van der Waals surface area contributed by atoms with E-state index in [1.165, 1.54) is 19.3 Å². The predicted molar refractivity (Wildman–Crippen MR) is 83.9 cm³/mol. The molecule has 0 spiro atoms. The van der Waals surface area contributed by atoms with Gasteiger partial charge < -0.3 is 19.9 Å². The van der Waals surface area contributed by atoms with Crippen LogP contribution in [0.4, 0.5) is 0 Å². The van der Waals surface area contributed by atoms with Gasteiger partial charge in [-0.05, 0) is 37.0 Å². The molecule has 0 heterocycles. The molecule has 0 amide bonds. The van der Waals surface area contributed by atoms with Crippen molar-refractivity contribution in [1.82, 2.24) is 5.32 Å². The topological polar surface area (TPSA) is 50.7 Å². The molecule has 118 valence electrons. The molecule has 0 radical (unpaired) electrons. The molecule has 2 unspecified atom stereocenters. The molecule has 2 N–H and O–H groups in total.